The maximum absolute atomic E-state index is 13.5. The van der Waals surface area contributed by atoms with Gasteiger partial charge in [-0.2, -0.15) is 0 Å². The number of amides is 3. The van der Waals surface area contributed by atoms with Crippen molar-refractivity contribution >= 4 is 35.0 Å². The van der Waals surface area contributed by atoms with E-state index in [-0.39, 0.29) is 18.7 Å². The maximum Gasteiger partial charge on any atom is 0.257 e. The number of methoxy groups -OCH3 is 1. The molecule has 4 rings (SSSR count). The Hall–Kier alpha value is -3.71. The van der Waals surface area contributed by atoms with Gasteiger partial charge in [0.1, 0.15) is 17.6 Å². The van der Waals surface area contributed by atoms with Gasteiger partial charge in [-0.15, -0.1) is 0 Å². The van der Waals surface area contributed by atoms with E-state index >= 15 is 0 Å². The van der Waals surface area contributed by atoms with Crippen LogP contribution >= 0.6 is 11.6 Å². The van der Waals surface area contributed by atoms with Gasteiger partial charge < -0.3 is 9.64 Å². The van der Waals surface area contributed by atoms with Crippen molar-refractivity contribution < 1.29 is 23.5 Å². The number of imide groups is 1. The highest BCUT2D eigenvalue weighted by molar-refractivity contribution is 6.31. The Morgan fingerprint density at radius 2 is 1.73 bits per heavy atom. The largest absolute Gasteiger partial charge is 0.497 e. The summed E-state index contributed by atoms with van der Waals surface area (Å²) in [6, 6.07) is 17.5. The molecule has 0 saturated carbocycles. The molecule has 1 aliphatic rings. The van der Waals surface area contributed by atoms with Crippen molar-refractivity contribution in [3.05, 3.63) is 94.8 Å². The summed E-state index contributed by atoms with van der Waals surface area (Å²) >= 11 is 6.32. The van der Waals surface area contributed by atoms with Crippen molar-refractivity contribution in [3.8, 4) is 5.75 Å². The molecule has 0 bridgehead atoms. The monoisotopic (exact) mass is 466 g/mol. The van der Waals surface area contributed by atoms with Crippen LogP contribution in [-0.2, 0) is 16.1 Å². The number of ether oxygens (including phenoxy) is 1. The number of carbonyl (C=O) groups is 3. The zero-order valence-electron chi connectivity index (χ0n) is 17.7. The number of hydrogen-bond donors (Lipinski definition) is 0. The number of anilines is 1. The molecular weight excluding hydrogens is 447 g/mol. The van der Waals surface area contributed by atoms with Crippen LogP contribution in [0.1, 0.15) is 22.3 Å². The molecule has 3 aromatic carbocycles. The lowest BCUT2D eigenvalue weighted by atomic mass is 10.1. The van der Waals surface area contributed by atoms with Crippen LogP contribution in [0.15, 0.2) is 72.8 Å². The third-order valence-electron chi connectivity index (χ3n) is 5.48. The SMILES string of the molecule is COc1ccc(C(=O)N(Cc2ccccc2Cl)C2CC(=O)N(c3ccc(F)cc3)C2=O)cc1. The quantitative estimate of drug-likeness (QED) is 0.503. The van der Waals surface area contributed by atoms with Crippen LogP contribution in [0.4, 0.5) is 10.1 Å². The molecule has 33 heavy (non-hydrogen) atoms. The van der Waals surface area contributed by atoms with Crippen molar-refractivity contribution in [1.29, 1.82) is 0 Å². The molecule has 3 aromatic rings. The van der Waals surface area contributed by atoms with E-state index in [9.17, 15) is 18.8 Å². The molecule has 0 radical (unpaired) electrons. The Labute approximate surface area is 195 Å². The van der Waals surface area contributed by atoms with Crippen molar-refractivity contribution in [3.63, 3.8) is 0 Å². The summed E-state index contributed by atoms with van der Waals surface area (Å²) in [5.74, 6) is -1.35. The van der Waals surface area contributed by atoms with Crippen LogP contribution in [0.2, 0.25) is 5.02 Å². The highest BCUT2D eigenvalue weighted by Crippen LogP contribution is 2.29. The minimum Gasteiger partial charge on any atom is -0.497 e. The number of carbonyl (C=O) groups excluding carboxylic acids is 3. The van der Waals surface area contributed by atoms with Gasteiger partial charge in [0.25, 0.3) is 11.8 Å². The first kappa shape index (κ1) is 22.5. The molecular formula is C25H20ClFN2O4. The summed E-state index contributed by atoms with van der Waals surface area (Å²) in [6.07, 6.45) is -0.192. The standard InChI is InChI=1S/C25H20ClFN2O4/c1-33-20-12-6-16(7-13-20)24(31)28(15-17-4-2-3-5-21(17)26)22-14-23(30)29(25(22)32)19-10-8-18(27)9-11-19/h2-13,22H,14-15H2,1H3. The molecule has 1 aliphatic heterocycles. The van der Waals surface area contributed by atoms with Gasteiger partial charge in [0.15, 0.2) is 0 Å². The number of hydrogen-bond acceptors (Lipinski definition) is 4. The predicted molar refractivity (Wildman–Crippen MR) is 122 cm³/mol. The topological polar surface area (TPSA) is 66.9 Å². The van der Waals surface area contributed by atoms with E-state index in [0.29, 0.717) is 21.9 Å². The Kier molecular flexibility index (Phi) is 6.42. The summed E-state index contributed by atoms with van der Waals surface area (Å²) in [6.45, 7) is 0.0332. The second-order valence-electron chi connectivity index (χ2n) is 7.52. The van der Waals surface area contributed by atoms with E-state index in [1.54, 1.807) is 48.5 Å². The number of nitrogens with zero attached hydrogens (tertiary/aromatic N) is 2. The fourth-order valence-electron chi connectivity index (χ4n) is 3.75. The Morgan fingerprint density at radius 1 is 1.06 bits per heavy atom. The predicted octanol–water partition coefficient (Wildman–Crippen LogP) is 4.46. The lowest BCUT2D eigenvalue weighted by Gasteiger charge is -2.28. The van der Waals surface area contributed by atoms with E-state index in [1.807, 2.05) is 0 Å². The fourth-order valence-corrected chi connectivity index (χ4v) is 3.95. The van der Waals surface area contributed by atoms with Crippen LogP contribution in [0.3, 0.4) is 0 Å². The van der Waals surface area contributed by atoms with Crippen molar-refractivity contribution in [2.45, 2.75) is 19.0 Å². The number of halogens is 2. The second-order valence-corrected chi connectivity index (χ2v) is 7.92. The van der Waals surface area contributed by atoms with Crippen LogP contribution in [0, 0.1) is 5.82 Å². The number of benzene rings is 3. The van der Waals surface area contributed by atoms with E-state index < -0.39 is 29.6 Å². The highest BCUT2D eigenvalue weighted by atomic mass is 35.5. The fraction of sp³-hybridized carbons (Fsp3) is 0.160. The zero-order valence-corrected chi connectivity index (χ0v) is 18.5. The zero-order chi connectivity index (χ0) is 23.5. The molecule has 3 amide bonds. The Balaban J connectivity index is 1.69. The molecule has 6 nitrogen and oxygen atoms in total. The maximum atomic E-state index is 13.5. The minimum absolute atomic E-state index is 0.0332. The molecule has 168 valence electrons. The molecule has 0 aliphatic carbocycles. The molecule has 1 fully saturated rings. The normalized spacial score (nSPS) is 15.6. The average molecular weight is 467 g/mol. The van der Waals surface area contributed by atoms with E-state index in [0.717, 1.165) is 4.90 Å². The second kappa shape index (κ2) is 9.42. The molecule has 1 saturated heterocycles. The van der Waals surface area contributed by atoms with Gasteiger partial charge in [-0.25, -0.2) is 9.29 Å². The first-order chi connectivity index (χ1) is 15.9. The van der Waals surface area contributed by atoms with E-state index in [4.69, 9.17) is 16.3 Å². The van der Waals surface area contributed by atoms with Gasteiger partial charge in [0.05, 0.1) is 19.2 Å². The summed E-state index contributed by atoms with van der Waals surface area (Å²) in [4.78, 5) is 41.9. The van der Waals surface area contributed by atoms with Crippen LogP contribution < -0.4 is 9.64 Å². The van der Waals surface area contributed by atoms with E-state index in [2.05, 4.69) is 0 Å². The number of rotatable bonds is 6. The Bertz CT molecular complexity index is 1200. The lowest BCUT2D eigenvalue weighted by molar-refractivity contribution is -0.122. The molecule has 1 heterocycles. The summed E-state index contributed by atoms with van der Waals surface area (Å²) in [5, 5.41) is 0.442. The van der Waals surface area contributed by atoms with Gasteiger partial charge in [-0.3, -0.25) is 14.4 Å². The van der Waals surface area contributed by atoms with Crippen LogP contribution in [0.25, 0.3) is 0 Å². The van der Waals surface area contributed by atoms with Crippen molar-refractivity contribution in [2.75, 3.05) is 12.0 Å². The molecule has 1 atom stereocenters. The molecule has 0 N–H and O–H groups in total. The molecule has 1 unspecified atom stereocenters. The average Bonchev–Trinajstić information content (AvgIpc) is 3.12. The smallest absolute Gasteiger partial charge is 0.257 e. The van der Waals surface area contributed by atoms with Gasteiger partial charge in [-0.1, -0.05) is 29.8 Å². The summed E-state index contributed by atoms with van der Waals surface area (Å²) in [7, 11) is 1.52. The lowest BCUT2D eigenvalue weighted by Crippen LogP contribution is -2.45. The first-order valence-corrected chi connectivity index (χ1v) is 10.6. The van der Waals surface area contributed by atoms with Gasteiger partial charge in [-0.05, 0) is 60.2 Å². The van der Waals surface area contributed by atoms with Crippen LogP contribution in [0.5, 0.6) is 5.75 Å². The third-order valence-corrected chi connectivity index (χ3v) is 5.85. The van der Waals surface area contributed by atoms with Crippen LogP contribution in [-0.4, -0.2) is 35.8 Å². The first-order valence-electron chi connectivity index (χ1n) is 10.2. The van der Waals surface area contributed by atoms with Crippen molar-refractivity contribution in [2.24, 2.45) is 0 Å². The van der Waals surface area contributed by atoms with Gasteiger partial charge >= 0.3 is 0 Å². The summed E-state index contributed by atoms with van der Waals surface area (Å²) in [5.41, 5.74) is 1.23. The molecule has 0 spiro atoms. The molecule has 8 heteroatoms. The third kappa shape index (κ3) is 4.59. The molecule has 0 aromatic heterocycles. The highest BCUT2D eigenvalue weighted by Gasteiger charge is 2.44. The Morgan fingerprint density at radius 3 is 2.36 bits per heavy atom. The minimum atomic E-state index is -1.03. The van der Waals surface area contributed by atoms with Crippen molar-refractivity contribution in [1.82, 2.24) is 4.90 Å². The van der Waals surface area contributed by atoms with E-state index in [1.165, 1.54) is 36.3 Å². The summed E-state index contributed by atoms with van der Waals surface area (Å²) < 4.78 is 18.5. The van der Waals surface area contributed by atoms with Gasteiger partial charge in [0, 0.05) is 17.1 Å². The van der Waals surface area contributed by atoms with Gasteiger partial charge in [0.2, 0.25) is 5.91 Å².